The van der Waals surface area contributed by atoms with Crippen LogP contribution in [0.3, 0.4) is 0 Å². The van der Waals surface area contributed by atoms with Crippen LogP contribution in [-0.2, 0) is 5.75 Å². The van der Waals surface area contributed by atoms with Crippen molar-refractivity contribution in [3.8, 4) is 0 Å². The molecule has 2 heterocycles. The average molecular weight is 139 g/mol. The summed E-state index contributed by atoms with van der Waals surface area (Å²) >= 11 is 1.72. The number of fused-ring (bicyclic) bond motifs is 1. The van der Waals surface area contributed by atoms with Gasteiger partial charge in [0.2, 0.25) is 11.9 Å². The fourth-order valence-corrected chi connectivity index (χ4v) is 1.63. The number of aromatic nitrogens is 1. The Labute approximate surface area is 58.0 Å². The van der Waals surface area contributed by atoms with Crippen LogP contribution in [0.1, 0.15) is 5.69 Å². The lowest BCUT2D eigenvalue weighted by molar-refractivity contribution is -0.638. The summed E-state index contributed by atoms with van der Waals surface area (Å²) < 4.78 is 2.03. The van der Waals surface area contributed by atoms with Crippen LogP contribution >= 0.6 is 11.9 Å². The average Bonchev–Trinajstić information content (AvgIpc) is 2.33. The molecule has 3 heteroatoms. The maximum atomic E-state index is 3.13. The molecule has 0 saturated heterocycles. The second-order valence-corrected chi connectivity index (χ2v) is 2.70. The number of rotatable bonds is 0. The molecular formula is C6H7N2S+. The lowest BCUT2D eigenvalue weighted by Crippen LogP contribution is -2.39. The zero-order valence-corrected chi connectivity index (χ0v) is 5.69. The highest BCUT2D eigenvalue weighted by atomic mass is 32.2. The zero-order chi connectivity index (χ0) is 6.10. The Morgan fingerprint density at radius 2 is 2.56 bits per heavy atom. The first-order valence-electron chi connectivity index (χ1n) is 2.84. The van der Waals surface area contributed by atoms with E-state index in [1.54, 1.807) is 11.9 Å². The largest absolute Gasteiger partial charge is 0.224 e. The lowest BCUT2D eigenvalue weighted by atomic mass is 10.4. The highest BCUT2D eigenvalue weighted by Gasteiger charge is 2.16. The molecule has 1 aromatic heterocycles. The van der Waals surface area contributed by atoms with Gasteiger partial charge in [0.05, 0.1) is 0 Å². The minimum absolute atomic E-state index is 1.07. The Kier molecular flexibility index (Phi) is 1.09. The summed E-state index contributed by atoms with van der Waals surface area (Å²) in [7, 11) is 0. The van der Waals surface area contributed by atoms with E-state index in [0.29, 0.717) is 0 Å². The van der Waals surface area contributed by atoms with Crippen LogP contribution in [0, 0.1) is 0 Å². The third-order valence-corrected chi connectivity index (χ3v) is 2.09. The molecule has 0 saturated carbocycles. The predicted octanol–water partition coefficient (Wildman–Crippen LogP) is 0.679. The first-order valence-corrected chi connectivity index (χ1v) is 3.83. The van der Waals surface area contributed by atoms with Gasteiger partial charge in [0, 0.05) is 24.1 Å². The third-order valence-electron chi connectivity index (χ3n) is 1.33. The van der Waals surface area contributed by atoms with E-state index >= 15 is 0 Å². The molecule has 0 aromatic carbocycles. The van der Waals surface area contributed by atoms with Crippen molar-refractivity contribution in [1.29, 1.82) is 0 Å². The van der Waals surface area contributed by atoms with Crippen molar-refractivity contribution in [1.82, 2.24) is 0 Å². The molecule has 2 nitrogen and oxygen atoms in total. The molecule has 1 aromatic rings. The van der Waals surface area contributed by atoms with E-state index in [2.05, 4.69) is 17.0 Å². The van der Waals surface area contributed by atoms with Gasteiger partial charge in [-0.2, -0.15) is 0 Å². The van der Waals surface area contributed by atoms with Crippen LogP contribution in [-0.4, -0.2) is 0 Å². The molecule has 0 radical (unpaired) electrons. The number of nitrogens with zero attached hydrogens (tertiary/aromatic N) is 1. The van der Waals surface area contributed by atoms with Gasteiger partial charge in [-0.15, -0.1) is 4.83 Å². The molecule has 0 bridgehead atoms. The highest BCUT2D eigenvalue weighted by molar-refractivity contribution is 7.99. The smallest absolute Gasteiger partial charge is 0.132 e. The van der Waals surface area contributed by atoms with Gasteiger partial charge < -0.3 is 0 Å². The monoisotopic (exact) mass is 139 g/mol. The Morgan fingerprint density at radius 1 is 1.56 bits per heavy atom. The van der Waals surface area contributed by atoms with Crippen molar-refractivity contribution in [2.45, 2.75) is 5.75 Å². The van der Waals surface area contributed by atoms with E-state index in [0.717, 1.165) is 5.75 Å². The molecule has 0 amide bonds. The van der Waals surface area contributed by atoms with Crippen molar-refractivity contribution < 1.29 is 4.68 Å². The molecule has 1 N–H and O–H groups in total. The van der Waals surface area contributed by atoms with Gasteiger partial charge in [0.25, 0.3) is 0 Å². The van der Waals surface area contributed by atoms with Gasteiger partial charge in [0.15, 0.2) is 0 Å². The zero-order valence-electron chi connectivity index (χ0n) is 4.87. The van der Waals surface area contributed by atoms with Crippen molar-refractivity contribution in [2.24, 2.45) is 0 Å². The van der Waals surface area contributed by atoms with E-state index in [9.17, 15) is 0 Å². The topological polar surface area (TPSA) is 15.9 Å². The lowest BCUT2D eigenvalue weighted by Gasteiger charge is -1.85. The van der Waals surface area contributed by atoms with Crippen molar-refractivity contribution in [3.63, 3.8) is 0 Å². The number of pyridine rings is 1. The molecule has 0 fully saturated rings. The fraction of sp³-hybridized carbons (Fsp3) is 0.167. The second kappa shape index (κ2) is 1.92. The summed E-state index contributed by atoms with van der Waals surface area (Å²) in [4.78, 5) is 3.13. The molecule has 2 rings (SSSR count). The Hall–Kier alpha value is -0.700. The first-order chi connectivity index (χ1) is 4.47. The Bertz CT molecular complexity index is 201. The van der Waals surface area contributed by atoms with Crippen LogP contribution in [0.4, 0.5) is 0 Å². The van der Waals surface area contributed by atoms with Crippen molar-refractivity contribution in [2.75, 3.05) is 4.83 Å². The molecule has 9 heavy (non-hydrogen) atoms. The normalized spacial score (nSPS) is 14.7. The molecule has 0 unspecified atom stereocenters. The summed E-state index contributed by atoms with van der Waals surface area (Å²) in [6.07, 6.45) is 2.02. The number of hydrogen-bond acceptors (Lipinski definition) is 2. The maximum Gasteiger partial charge on any atom is 0.224 e. The second-order valence-electron chi connectivity index (χ2n) is 1.94. The third kappa shape index (κ3) is 0.772. The van der Waals surface area contributed by atoms with Crippen LogP contribution in [0.15, 0.2) is 24.4 Å². The Balaban J connectivity index is 2.54. The summed E-state index contributed by atoms with van der Waals surface area (Å²) in [5, 5.41) is 0. The number of nitrogens with one attached hydrogen (secondary N) is 1. The summed E-state index contributed by atoms with van der Waals surface area (Å²) in [6.45, 7) is 0. The van der Waals surface area contributed by atoms with E-state index in [-0.39, 0.29) is 0 Å². The van der Waals surface area contributed by atoms with Crippen molar-refractivity contribution >= 4 is 11.9 Å². The molecule has 0 atom stereocenters. The predicted molar refractivity (Wildman–Crippen MR) is 37.3 cm³/mol. The molecule has 46 valence electrons. The molecule has 1 aliphatic heterocycles. The van der Waals surface area contributed by atoms with Crippen LogP contribution in [0.25, 0.3) is 0 Å². The van der Waals surface area contributed by atoms with Gasteiger partial charge in [0.1, 0.15) is 5.75 Å². The highest BCUT2D eigenvalue weighted by Crippen LogP contribution is 2.09. The number of hydrogen-bond donors (Lipinski definition) is 1. The van der Waals surface area contributed by atoms with Gasteiger partial charge >= 0.3 is 0 Å². The molecule has 1 aliphatic rings. The van der Waals surface area contributed by atoms with Crippen molar-refractivity contribution in [3.05, 3.63) is 30.1 Å². The first kappa shape index (κ1) is 5.11. The maximum absolute atomic E-state index is 3.13. The summed E-state index contributed by atoms with van der Waals surface area (Å²) in [5.74, 6) is 1.07. The summed E-state index contributed by atoms with van der Waals surface area (Å²) in [5.41, 5.74) is 1.34. The fourth-order valence-electron chi connectivity index (χ4n) is 0.861. The minimum Gasteiger partial charge on any atom is -0.132 e. The molecular weight excluding hydrogens is 132 g/mol. The molecule has 0 aliphatic carbocycles. The van der Waals surface area contributed by atoms with Crippen LogP contribution < -0.4 is 9.51 Å². The Morgan fingerprint density at radius 3 is 3.44 bits per heavy atom. The SMILES string of the molecule is c1cc[n+]2c(c1)CSN2. The van der Waals surface area contributed by atoms with Gasteiger partial charge in [-0.25, -0.2) is 0 Å². The van der Waals surface area contributed by atoms with E-state index in [4.69, 9.17) is 0 Å². The standard InChI is InChI=1S/C6H7N2S/c1-2-4-8-6(3-1)5-9-7-8/h1-4,7H,5H2/q+1. The molecule has 0 spiro atoms. The van der Waals surface area contributed by atoms with Gasteiger partial charge in [-0.05, 0) is 6.07 Å². The van der Waals surface area contributed by atoms with E-state index in [1.807, 2.05) is 16.9 Å². The van der Waals surface area contributed by atoms with E-state index < -0.39 is 0 Å². The van der Waals surface area contributed by atoms with Crippen LogP contribution in [0.5, 0.6) is 0 Å². The van der Waals surface area contributed by atoms with Crippen LogP contribution in [0.2, 0.25) is 0 Å². The quantitative estimate of drug-likeness (QED) is 0.420. The van der Waals surface area contributed by atoms with Gasteiger partial charge in [-0.3, -0.25) is 0 Å². The summed E-state index contributed by atoms with van der Waals surface area (Å²) in [6, 6.07) is 6.19. The van der Waals surface area contributed by atoms with E-state index in [1.165, 1.54) is 5.69 Å². The minimum atomic E-state index is 1.07. The van der Waals surface area contributed by atoms with Gasteiger partial charge in [-0.1, -0.05) is 4.68 Å².